The predicted molar refractivity (Wildman–Crippen MR) is 108 cm³/mol. The molecule has 0 spiro atoms. The molecule has 0 atom stereocenters. The Labute approximate surface area is 172 Å². The number of hydrogen-bond donors (Lipinski definition) is 1. The highest BCUT2D eigenvalue weighted by Crippen LogP contribution is 2.34. The number of methoxy groups -OCH3 is 1. The second-order valence-electron chi connectivity index (χ2n) is 6.02. The standard InChI is InChI=1S/C17H18Cl2N2O4S2/c1-25-14-6-5-11(27(23,24)21-7-3-2-4-8-21)9-13(14)20-17(22)12-10-15(18)26-16(12)19/h5-6,9-10H,2-4,7-8H2,1H3,(H,20,22). The Bertz CT molecular complexity index is 954. The van der Waals surface area contributed by atoms with Gasteiger partial charge < -0.3 is 10.1 Å². The second-order valence-corrected chi connectivity index (χ2v) is 10.2. The lowest BCUT2D eigenvalue weighted by Gasteiger charge is -2.26. The molecule has 3 rings (SSSR count). The lowest BCUT2D eigenvalue weighted by atomic mass is 10.2. The monoisotopic (exact) mass is 448 g/mol. The summed E-state index contributed by atoms with van der Waals surface area (Å²) < 4.78 is 33.1. The van der Waals surface area contributed by atoms with E-state index in [0.29, 0.717) is 23.2 Å². The van der Waals surface area contributed by atoms with Gasteiger partial charge in [-0.2, -0.15) is 4.31 Å². The van der Waals surface area contributed by atoms with E-state index >= 15 is 0 Å². The van der Waals surface area contributed by atoms with Gasteiger partial charge in [-0.05, 0) is 37.1 Å². The first kappa shape index (κ1) is 20.4. The molecule has 2 heterocycles. The molecule has 0 aliphatic carbocycles. The molecule has 1 aliphatic rings. The van der Waals surface area contributed by atoms with Crippen LogP contribution < -0.4 is 10.1 Å². The van der Waals surface area contributed by atoms with Crippen LogP contribution in [0.15, 0.2) is 29.2 Å². The minimum Gasteiger partial charge on any atom is -0.495 e. The Balaban J connectivity index is 1.92. The third-order valence-electron chi connectivity index (χ3n) is 4.27. The molecule has 10 heteroatoms. The first-order valence-corrected chi connectivity index (χ1v) is 11.3. The molecular weight excluding hydrogens is 431 g/mol. The number of thiophene rings is 1. The molecule has 1 aliphatic heterocycles. The summed E-state index contributed by atoms with van der Waals surface area (Å²) in [5.74, 6) is -0.146. The fourth-order valence-corrected chi connectivity index (χ4v) is 5.89. The third kappa shape index (κ3) is 4.41. The molecule has 1 amide bonds. The largest absolute Gasteiger partial charge is 0.495 e. The van der Waals surface area contributed by atoms with Crippen molar-refractivity contribution in [3.8, 4) is 5.75 Å². The number of anilines is 1. The van der Waals surface area contributed by atoms with Crippen LogP contribution in [0.1, 0.15) is 29.6 Å². The number of carbonyl (C=O) groups is 1. The van der Waals surface area contributed by atoms with Gasteiger partial charge in [-0.15, -0.1) is 11.3 Å². The van der Waals surface area contributed by atoms with Crippen LogP contribution >= 0.6 is 34.5 Å². The van der Waals surface area contributed by atoms with E-state index in [-0.39, 0.29) is 20.5 Å². The fraction of sp³-hybridized carbons (Fsp3) is 0.353. The minimum atomic E-state index is -3.63. The van der Waals surface area contributed by atoms with Gasteiger partial charge in [0.1, 0.15) is 10.1 Å². The van der Waals surface area contributed by atoms with Crippen molar-refractivity contribution in [2.45, 2.75) is 24.2 Å². The van der Waals surface area contributed by atoms with Gasteiger partial charge in [0.15, 0.2) is 0 Å². The van der Waals surface area contributed by atoms with E-state index in [1.807, 2.05) is 0 Å². The SMILES string of the molecule is COc1ccc(S(=O)(=O)N2CCCCC2)cc1NC(=O)c1cc(Cl)sc1Cl. The van der Waals surface area contributed by atoms with Crippen LogP contribution in [-0.2, 0) is 10.0 Å². The highest BCUT2D eigenvalue weighted by molar-refractivity contribution is 7.89. The van der Waals surface area contributed by atoms with Crippen LogP contribution in [0.4, 0.5) is 5.69 Å². The van der Waals surface area contributed by atoms with Gasteiger partial charge in [0.05, 0.1) is 27.6 Å². The minimum absolute atomic E-state index is 0.106. The number of nitrogens with one attached hydrogen (secondary N) is 1. The average Bonchev–Trinajstić information content (AvgIpc) is 3.00. The summed E-state index contributed by atoms with van der Waals surface area (Å²) in [6, 6.07) is 5.87. The molecule has 0 saturated carbocycles. The number of piperidine rings is 1. The van der Waals surface area contributed by atoms with Crippen molar-refractivity contribution in [1.82, 2.24) is 4.31 Å². The number of carbonyl (C=O) groups excluding carboxylic acids is 1. The van der Waals surface area contributed by atoms with Crippen molar-refractivity contribution < 1.29 is 17.9 Å². The molecule has 0 radical (unpaired) electrons. The number of halogens is 2. The smallest absolute Gasteiger partial charge is 0.258 e. The fourth-order valence-electron chi connectivity index (χ4n) is 2.88. The maximum absolute atomic E-state index is 12.9. The van der Waals surface area contributed by atoms with Gasteiger partial charge in [0, 0.05) is 13.1 Å². The van der Waals surface area contributed by atoms with Crippen LogP contribution in [-0.4, -0.2) is 38.8 Å². The first-order valence-electron chi connectivity index (χ1n) is 8.27. The van der Waals surface area contributed by atoms with E-state index in [9.17, 15) is 13.2 Å². The highest BCUT2D eigenvalue weighted by atomic mass is 35.5. The summed E-state index contributed by atoms with van der Waals surface area (Å²) in [5, 5.41) is 2.66. The molecule has 1 saturated heterocycles. The van der Waals surface area contributed by atoms with Gasteiger partial charge in [-0.3, -0.25) is 4.79 Å². The van der Waals surface area contributed by atoms with Gasteiger partial charge in [0.2, 0.25) is 10.0 Å². The summed E-state index contributed by atoms with van der Waals surface area (Å²) in [6.45, 7) is 0.998. The molecule has 0 bridgehead atoms. The first-order chi connectivity index (χ1) is 12.8. The maximum atomic E-state index is 12.9. The molecule has 2 aromatic rings. The zero-order chi connectivity index (χ0) is 19.6. The summed E-state index contributed by atoms with van der Waals surface area (Å²) in [5.41, 5.74) is 0.469. The molecular formula is C17H18Cl2N2O4S2. The van der Waals surface area contributed by atoms with Crippen LogP contribution in [0.25, 0.3) is 0 Å². The summed E-state index contributed by atoms with van der Waals surface area (Å²) in [6.07, 6.45) is 2.71. The predicted octanol–water partition coefficient (Wildman–Crippen LogP) is 4.49. The van der Waals surface area contributed by atoms with Gasteiger partial charge in [-0.25, -0.2) is 8.42 Å². The maximum Gasteiger partial charge on any atom is 0.258 e. The Kier molecular flexibility index (Phi) is 6.32. The normalized spacial score (nSPS) is 15.5. The molecule has 1 aromatic carbocycles. The van der Waals surface area contributed by atoms with E-state index in [2.05, 4.69) is 5.32 Å². The molecule has 1 fully saturated rings. The highest BCUT2D eigenvalue weighted by Gasteiger charge is 2.27. The van der Waals surface area contributed by atoms with Gasteiger partial charge in [-0.1, -0.05) is 29.6 Å². The number of nitrogens with zero attached hydrogens (tertiary/aromatic N) is 1. The van der Waals surface area contributed by atoms with Gasteiger partial charge in [0.25, 0.3) is 5.91 Å². The molecule has 27 heavy (non-hydrogen) atoms. The number of sulfonamides is 1. The van der Waals surface area contributed by atoms with Crippen LogP contribution in [0.2, 0.25) is 8.67 Å². The second kappa shape index (κ2) is 8.36. The number of rotatable bonds is 5. The van der Waals surface area contributed by atoms with Crippen LogP contribution in [0, 0.1) is 0 Å². The third-order valence-corrected chi connectivity index (χ3v) is 7.66. The van der Waals surface area contributed by atoms with E-state index in [1.165, 1.54) is 35.7 Å². The quantitative estimate of drug-likeness (QED) is 0.730. The molecule has 146 valence electrons. The van der Waals surface area contributed by atoms with Crippen molar-refractivity contribution in [2.75, 3.05) is 25.5 Å². The van der Waals surface area contributed by atoms with Crippen molar-refractivity contribution in [3.63, 3.8) is 0 Å². The summed E-state index contributed by atoms with van der Waals surface area (Å²) in [4.78, 5) is 12.6. The van der Waals surface area contributed by atoms with Crippen LogP contribution in [0.3, 0.4) is 0 Å². The Morgan fingerprint density at radius 2 is 1.89 bits per heavy atom. The summed E-state index contributed by atoms with van der Waals surface area (Å²) in [7, 11) is -2.19. The topological polar surface area (TPSA) is 75.7 Å². The van der Waals surface area contributed by atoms with Crippen LogP contribution in [0.5, 0.6) is 5.75 Å². The Morgan fingerprint density at radius 1 is 1.19 bits per heavy atom. The molecule has 0 unspecified atom stereocenters. The van der Waals surface area contributed by atoms with E-state index < -0.39 is 15.9 Å². The van der Waals surface area contributed by atoms with Gasteiger partial charge >= 0.3 is 0 Å². The summed E-state index contributed by atoms with van der Waals surface area (Å²) >= 11 is 13.0. The number of ether oxygens (including phenoxy) is 1. The van der Waals surface area contributed by atoms with Crippen molar-refractivity contribution >= 4 is 56.2 Å². The lowest BCUT2D eigenvalue weighted by molar-refractivity contribution is 0.102. The van der Waals surface area contributed by atoms with Crippen molar-refractivity contribution in [3.05, 3.63) is 38.5 Å². The zero-order valence-electron chi connectivity index (χ0n) is 14.5. The molecule has 1 aromatic heterocycles. The number of hydrogen-bond acceptors (Lipinski definition) is 5. The van der Waals surface area contributed by atoms with E-state index in [4.69, 9.17) is 27.9 Å². The molecule has 1 N–H and O–H groups in total. The average molecular weight is 449 g/mol. The lowest BCUT2D eigenvalue weighted by Crippen LogP contribution is -2.35. The number of benzene rings is 1. The zero-order valence-corrected chi connectivity index (χ0v) is 17.6. The van der Waals surface area contributed by atoms with Crippen molar-refractivity contribution in [2.24, 2.45) is 0 Å². The number of amides is 1. The van der Waals surface area contributed by atoms with E-state index in [1.54, 1.807) is 0 Å². The Hall–Kier alpha value is -1.32. The van der Waals surface area contributed by atoms with E-state index in [0.717, 1.165) is 30.6 Å². The van der Waals surface area contributed by atoms with Crippen molar-refractivity contribution in [1.29, 1.82) is 0 Å². The molecule has 6 nitrogen and oxygen atoms in total. The Morgan fingerprint density at radius 3 is 2.48 bits per heavy atom.